The highest BCUT2D eigenvalue weighted by Gasteiger charge is 2.34. The Labute approximate surface area is 191 Å². The fourth-order valence-corrected chi connectivity index (χ4v) is 3.23. The van der Waals surface area contributed by atoms with Crippen LogP contribution < -0.4 is 16.0 Å². The van der Waals surface area contributed by atoms with Crippen LogP contribution in [0.15, 0.2) is 36.8 Å². The van der Waals surface area contributed by atoms with Crippen molar-refractivity contribution in [1.82, 2.24) is 30.2 Å². The van der Waals surface area contributed by atoms with Crippen molar-refractivity contribution in [3.05, 3.63) is 42.4 Å². The summed E-state index contributed by atoms with van der Waals surface area (Å²) in [6, 6.07) is 7.05. The molecule has 3 aromatic rings. The number of carbonyl (C=O) groups is 2. The first kappa shape index (κ1) is 22.2. The summed E-state index contributed by atoms with van der Waals surface area (Å²) in [5.74, 6) is 0.782. The number of benzene rings is 1. The van der Waals surface area contributed by atoms with E-state index < -0.39 is 5.60 Å². The van der Waals surface area contributed by atoms with E-state index in [2.05, 4.69) is 35.9 Å². The molecule has 0 bridgehead atoms. The topological polar surface area (TPSA) is 134 Å². The maximum atomic E-state index is 12.1. The van der Waals surface area contributed by atoms with E-state index in [0.29, 0.717) is 41.5 Å². The van der Waals surface area contributed by atoms with Crippen molar-refractivity contribution in [2.24, 2.45) is 0 Å². The van der Waals surface area contributed by atoms with Crippen LogP contribution in [0.4, 0.5) is 22.2 Å². The number of rotatable bonds is 5. The van der Waals surface area contributed by atoms with Gasteiger partial charge < -0.3 is 25.6 Å². The molecule has 3 heterocycles. The van der Waals surface area contributed by atoms with Crippen molar-refractivity contribution in [2.75, 3.05) is 30.8 Å². The van der Waals surface area contributed by atoms with Crippen LogP contribution in [0.25, 0.3) is 11.0 Å². The summed E-state index contributed by atoms with van der Waals surface area (Å²) >= 11 is 0. The third-order valence-electron chi connectivity index (χ3n) is 4.88. The smallest absolute Gasteiger partial charge is 0.410 e. The van der Waals surface area contributed by atoms with Crippen molar-refractivity contribution in [3.63, 3.8) is 0 Å². The van der Waals surface area contributed by atoms with E-state index in [0.717, 1.165) is 5.69 Å². The highest BCUT2D eigenvalue weighted by Crippen LogP contribution is 2.23. The quantitative estimate of drug-likeness (QED) is 0.536. The van der Waals surface area contributed by atoms with Crippen molar-refractivity contribution in [2.45, 2.75) is 32.4 Å². The first-order valence-corrected chi connectivity index (χ1v) is 10.5. The molecule has 0 aliphatic carbocycles. The number of ether oxygens (including phenoxy) is 1. The second-order valence-corrected chi connectivity index (χ2v) is 8.66. The number of nitrogens with one attached hydrogen (secondary N) is 3. The van der Waals surface area contributed by atoms with Gasteiger partial charge in [0, 0.05) is 31.4 Å². The number of hydrogen-bond donors (Lipinski definition) is 3. The van der Waals surface area contributed by atoms with E-state index >= 15 is 0 Å². The lowest BCUT2D eigenvalue weighted by molar-refractivity contribution is 0.0104. The molecule has 1 saturated heterocycles. The van der Waals surface area contributed by atoms with Crippen molar-refractivity contribution in [3.8, 4) is 0 Å². The van der Waals surface area contributed by atoms with Crippen molar-refractivity contribution >= 4 is 40.5 Å². The Morgan fingerprint density at radius 2 is 1.82 bits per heavy atom. The second-order valence-electron chi connectivity index (χ2n) is 8.66. The fourth-order valence-electron chi connectivity index (χ4n) is 3.23. The number of fused-ring (bicyclic) bond motifs is 1. The van der Waals surface area contributed by atoms with Gasteiger partial charge in [0.05, 0.1) is 12.2 Å². The molecule has 1 fully saturated rings. The van der Waals surface area contributed by atoms with Gasteiger partial charge in [-0.25, -0.2) is 24.7 Å². The molecular weight excluding hydrogens is 424 g/mol. The van der Waals surface area contributed by atoms with Gasteiger partial charge in [-0.15, -0.1) is 0 Å². The van der Waals surface area contributed by atoms with Crippen LogP contribution in [0.1, 0.15) is 31.1 Å². The molecule has 1 aliphatic heterocycles. The first-order chi connectivity index (χ1) is 15.7. The number of amides is 2. The highest BCUT2D eigenvalue weighted by atomic mass is 16.6. The van der Waals surface area contributed by atoms with Crippen LogP contribution in [0, 0.1) is 0 Å². The van der Waals surface area contributed by atoms with E-state index in [1.54, 1.807) is 42.4 Å². The summed E-state index contributed by atoms with van der Waals surface area (Å²) in [7, 11) is 1.59. The number of likely N-dealkylation sites (tertiary alicyclic amines) is 1. The number of nitrogens with zero attached hydrogens (tertiary/aromatic N) is 5. The maximum absolute atomic E-state index is 12.1. The summed E-state index contributed by atoms with van der Waals surface area (Å²) in [4.78, 5) is 42.9. The van der Waals surface area contributed by atoms with Crippen LogP contribution in [0.2, 0.25) is 0 Å². The van der Waals surface area contributed by atoms with E-state index in [9.17, 15) is 9.59 Å². The van der Waals surface area contributed by atoms with Crippen LogP contribution in [-0.4, -0.2) is 68.6 Å². The predicted molar refractivity (Wildman–Crippen MR) is 123 cm³/mol. The maximum Gasteiger partial charge on any atom is 0.410 e. The van der Waals surface area contributed by atoms with Crippen molar-refractivity contribution < 1.29 is 14.3 Å². The molecule has 2 aromatic heterocycles. The minimum atomic E-state index is -0.525. The molecular formula is C22H26N8O3. The van der Waals surface area contributed by atoms with Crippen LogP contribution >= 0.6 is 0 Å². The predicted octanol–water partition coefficient (Wildman–Crippen LogP) is 2.55. The zero-order valence-electron chi connectivity index (χ0n) is 18.9. The van der Waals surface area contributed by atoms with Gasteiger partial charge in [0.15, 0.2) is 5.82 Å². The highest BCUT2D eigenvalue weighted by molar-refractivity contribution is 5.94. The molecule has 1 aliphatic rings. The normalized spacial score (nSPS) is 13.9. The molecule has 0 spiro atoms. The summed E-state index contributed by atoms with van der Waals surface area (Å²) in [5.41, 5.74) is 1.93. The minimum absolute atomic E-state index is 0.0215. The van der Waals surface area contributed by atoms with Crippen LogP contribution in [-0.2, 0) is 4.74 Å². The summed E-state index contributed by atoms with van der Waals surface area (Å²) in [5, 5.41) is 9.04. The van der Waals surface area contributed by atoms with Crippen LogP contribution in [0.3, 0.4) is 0 Å². The largest absolute Gasteiger partial charge is 0.444 e. The molecule has 172 valence electrons. The molecule has 4 rings (SSSR count). The fraction of sp³-hybridized carbons (Fsp3) is 0.364. The third-order valence-corrected chi connectivity index (χ3v) is 4.88. The Hall–Kier alpha value is -4.02. The van der Waals surface area contributed by atoms with Gasteiger partial charge in [0.2, 0.25) is 5.95 Å². The molecule has 3 N–H and O–H groups in total. The van der Waals surface area contributed by atoms with E-state index in [1.807, 2.05) is 20.8 Å². The lowest BCUT2D eigenvalue weighted by Crippen LogP contribution is -2.58. The molecule has 11 nitrogen and oxygen atoms in total. The first-order valence-electron chi connectivity index (χ1n) is 10.5. The average molecular weight is 451 g/mol. The molecule has 0 radical (unpaired) electrons. The standard InChI is InChI=1S/C22H26N8O3/c1-22(2,3)33-21(32)30-10-15(11-30)28-20-24-9-16-17(29-20)18(26-12-25-16)27-14-7-5-13(6-8-14)19(31)23-4/h5-9,12,15H,10-11H2,1-4H3,(H,23,31)(H,24,28,29)(H,25,26,27). The Bertz CT molecular complexity index is 1170. The lowest BCUT2D eigenvalue weighted by atomic mass is 10.1. The second kappa shape index (κ2) is 8.85. The van der Waals surface area contributed by atoms with Gasteiger partial charge in [-0.3, -0.25) is 4.79 Å². The molecule has 0 atom stereocenters. The molecule has 1 aromatic carbocycles. The van der Waals surface area contributed by atoms with E-state index in [1.165, 1.54) is 6.33 Å². The van der Waals surface area contributed by atoms with E-state index in [-0.39, 0.29) is 18.0 Å². The summed E-state index contributed by atoms with van der Waals surface area (Å²) in [6.07, 6.45) is 2.73. The third kappa shape index (κ3) is 5.25. The Balaban J connectivity index is 1.44. The van der Waals surface area contributed by atoms with Gasteiger partial charge >= 0.3 is 6.09 Å². The number of anilines is 3. The Morgan fingerprint density at radius 1 is 1.09 bits per heavy atom. The van der Waals surface area contributed by atoms with Gasteiger partial charge in [-0.2, -0.15) is 0 Å². The van der Waals surface area contributed by atoms with Crippen LogP contribution in [0.5, 0.6) is 0 Å². The number of carbonyl (C=O) groups excluding carboxylic acids is 2. The Kier molecular flexibility index (Phi) is 5.95. The molecule has 11 heteroatoms. The van der Waals surface area contributed by atoms with Crippen molar-refractivity contribution in [1.29, 1.82) is 0 Å². The van der Waals surface area contributed by atoms with E-state index in [4.69, 9.17) is 4.74 Å². The van der Waals surface area contributed by atoms with Gasteiger partial charge in [0.25, 0.3) is 5.91 Å². The number of hydrogen-bond acceptors (Lipinski definition) is 9. The Morgan fingerprint density at radius 3 is 2.48 bits per heavy atom. The SMILES string of the molecule is CNC(=O)c1ccc(Nc2ncnc3cnc(NC4CN(C(=O)OC(C)(C)C)C4)nc23)cc1. The zero-order chi connectivity index (χ0) is 23.6. The van der Waals surface area contributed by atoms with Gasteiger partial charge in [0.1, 0.15) is 23.0 Å². The summed E-state index contributed by atoms with van der Waals surface area (Å²) in [6.45, 7) is 6.53. The monoisotopic (exact) mass is 450 g/mol. The molecule has 2 amide bonds. The van der Waals surface area contributed by atoms with Gasteiger partial charge in [-0.05, 0) is 45.0 Å². The lowest BCUT2D eigenvalue weighted by Gasteiger charge is -2.39. The average Bonchev–Trinajstić information content (AvgIpc) is 2.75. The summed E-state index contributed by atoms with van der Waals surface area (Å²) < 4.78 is 5.38. The molecule has 33 heavy (non-hydrogen) atoms. The zero-order valence-corrected chi connectivity index (χ0v) is 18.9. The molecule has 0 saturated carbocycles. The molecule has 0 unspecified atom stereocenters. The minimum Gasteiger partial charge on any atom is -0.444 e. The van der Waals surface area contributed by atoms with Gasteiger partial charge in [-0.1, -0.05) is 0 Å². The number of aromatic nitrogens is 4.